The van der Waals surface area contributed by atoms with Gasteiger partial charge in [-0.3, -0.25) is 4.79 Å². The number of hydrazone groups is 1. The normalized spacial score (nSPS) is 15.5. The summed E-state index contributed by atoms with van der Waals surface area (Å²) in [7, 11) is 1.32. The topological polar surface area (TPSA) is 81.3 Å². The maximum Gasteiger partial charge on any atom is 0.337 e. The first-order chi connectivity index (χ1) is 15.0. The molecule has 4 rings (SSSR count). The van der Waals surface area contributed by atoms with Crippen LogP contribution in [0.1, 0.15) is 39.7 Å². The lowest BCUT2D eigenvalue weighted by Gasteiger charge is -2.20. The molecule has 1 amide bonds. The maximum absolute atomic E-state index is 13.0. The highest BCUT2D eigenvalue weighted by molar-refractivity contribution is 6.03. The Kier molecular flexibility index (Phi) is 5.84. The van der Waals surface area contributed by atoms with Gasteiger partial charge in [0.2, 0.25) is 0 Å². The van der Waals surface area contributed by atoms with Crippen LogP contribution in [0.4, 0.5) is 0 Å². The SMILES string of the molecule is COC(=O)c1ccc(OCC(=O)N2N=C(c3ccc(C)cc3)CC2c2ccco2)cc1. The minimum atomic E-state index is -0.432. The Balaban J connectivity index is 1.49. The van der Waals surface area contributed by atoms with Crippen molar-refractivity contribution in [1.82, 2.24) is 5.01 Å². The summed E-state index contributed by atoms with van der Waals surface area (Å²) in [6, 6.07) is 17.7. The molecule has 0 fully saturated rings. The zero-order valence-corrected chi connectivity index (χ0v) is 17.3. The van der Waals surface area contributed by atoms with Gasteiger partial charge in [0, 0.05) is 6.42 Å². The van der Waals surface area contributed by atoms with Gasteiger partial charge in [-0.15, -0.1) is 0 Å². The van der Waals surface area contributed by atoms with Crippen molar-refractivity contribution in [2.45, 2.75) is 19.4 Å². The summed E-state index contributed by atoms with van der Waals surface area (Å²) in [6.07, 6.45) is 2.14. The molecule has 3 aromatic rings. The summed E-state index contributed by atoms with van der Waals surface area (Å²) in [5.74, 6) is 0.415. The molecule has 0 saturated heterocycles. The Morgan fingerprint density at radius 2 is 1.84 bits per heavy atom. The fraction of sp³-hybridized carbons (Fsp3) is 0.208. The summed E-state index contributed by atoms with van der Waals surface area (Å²) in [5, 5.41) is 6.01. The quantitative estimate of drug-likeness (QED) is 0.562. The third kappa shape index (κ3) is 4.50. The number of ether oxygens (including phenoxy) is 2. The zero-order valence-electron chi connectivity index (χ0n) is 17.3. The number of methoxy groups -OCH3 is 1. The van der Waals surface area contributed by atoms with E-state index in [1.54, 1.807) is 36.6 Å². The molecule has 1 aliphatic heterocycles. The Morgan fingerprint density at radius 1 is 1.10 bits per heavy atom. The van der Waals surface area contributed by atoms with Crippen molar-refractivity contribution in [2.75, 3.05) is 13.7 Å². The van der Waals surface area contributed by atoms with Gasteiger partial charge in [-0.05, 0) is 48.9 Å². The standard InChI is InChI=1S/C24H22N2O5/c1-16-5-7-17(8-6-16)20-14-21(22-4-3-13-30-22)26(25-20)23(27)15-31-19-11-9-18(10-12-19)24(28)29-2/h3-13,21H,14-15H2,1-2H3. The van der Waals surface area contributed by atoms with Gasteiger partial charge in [0.1, 0.15) is 17.6 Å². The van der Waals surface area contributed by atoms with Gasteiger partial charge >= 0.3 is 5.97 Å². The second-order valence-electron chi connectivity index (χ2n) is 7.19. The lowest BCUT2D eigenvalue weighted by Crippen LogP contribution is -2.31. The second kappa shape index (κ2) is 8.87. The van der Waals surface area contributed by atoms with Crippen molar-refractivity contribution in [2.24, 2.45) is 5.10 Å². The van der Waals surface area contributed by atoms with E-state index in [-0.39, 0.29) is 18.6 Å². The van der Waals surface area contributed by atoms with Gasteiger partial charge in [-0.1, -0.05) is 29.8 Å². The predicted molar refractivity (Wildman–Crippen MR) is 114 cm³/mol. The van der Waals surface area contributed by atoms with Gasteiger partial charge in [0.05, 0.1) is 24.6 Å². The number of benzene rings is 2. The molecule has 7 nitrogen and oxygen atoms in total. The van der Waals surface area contributed by atoms with Crippen LogP contribution in [0.2, 0.25) is 0 Å². The predicted octanol–water partition coefficient (Wildman–Crippen LogP) is 4.13. The molecule has 0 N–H and O–H groups in total. The molecular formula is C24H22N2O5. The van der Waals surface area contributed by atoms with E-state index < -0.39 is 5.97 Å². The summed E-state index contributed by atoms with van der Waals surface area (Å²) in [4.78, 5) is 24.5. The molecule has 31 heavy (non-hydrogen) atoms. The van der Waals surface area contributed by atoms with Crippen molar-refractivity contribution in [1.29, 1.82) is 0 Å². The average molecular weight is 418 g/mol. The Morgan fingerprint density at radius 3 is 2.48 bits per heavy atom. The van der Waals surface area contributed by atoms with Crippen LogP contribution in [0.3, 0.4) is 0 Å². The van der Waals surface area contributed by atoms with Crippen LogP contribution < -0.4 is 4.74 Å². The molecule has 1 atom stereocenters. The summed E-state index contributed by atoms with van der Waals surface area (Å²) < 4.78 is 15.9. The highest BCUT2D eigenvalue weighted by atomic mass is 16.5. The lowest BCUT2D eigenvalue weighted by molar-refractivity contribution is -0.135. The summed E-state index contributed by atoms with van der Waals surface area (Å²) >= 11 is 0. The number of esters is 1. The fourth-order valence-corrected chi connectivity index (χ4v) is 3.38. The number of furan rings is 1. The van der Waals surface area contributed by atoms with Crippen LogP contribution in [0.5, 0.6) is 5.75 Å². The van der Waals surface area contributed by atoms with Gasteiger partial charge < -0.3 is 13.9 Å². The number of hydrogen-bond donors (Lipinski definition) is 0. The third-order valence-electron chi connectivity index (χ3n) is 5.06. The molecule has 1 aliphatic rings. The molecule has 0 saturated carbocycles. The van der Waals surface area contributed by atoms with Crippen molar-refractivity contribution in [3.63, 3.8) is 0 Å². The van der Waals surface area contributed by atoms with Crippen LogP contribution in [-0.2, 0) is 9.53 Å². The number of carbonyl (C=O) groups excluding carboxylic acids is 2. The first-order valence-electron chi connectivity index (χ1n) is 9.86. The van der Waals surface area contributed by atoms with E-state index in [0.717, 1.165) is 16.8 Å². The van der Waals surface area contributed by atoms with Crippen molar-refractivity contribution < 1.29 is 23.5 Å². The number of hydrogen-bond acceptors (Lipinski definition) is 6. The van der Waals surface area contributed by atoms with Gasteiger partial charge in [-0.25, -0.2) is 9.80 Å². The summed E-state index contributed by atoms with van der Waals surface area (Å²) in [6.45, 7) is 1.83. The second-order valence-corrected chi connectivity index (χ2v) is 7.19. The van der Waals surface area contributed by atoms with Gasteiger partial charge in [0.15, 0.2) is 6.61 Å². The van der Waals surface area contributed by atoms with E-state index in [9.17, 15) is 9.59 Å². The van der Waals surface area contributed by atoms with Crippen LogP contribution in [0.15, 0.2) is 76.4 Å². The molecule has 2 aromatic carbocycles. The largest absolute Gasteiger partial charge is 0.484 e. The zero-order chi connectivity index (χ0) is 21.8. The highest BCUT2D eigenvalue weighted by Crippen LogP contribution is 2.33. The Bertz CT molecular complexity index is 1090. The monoisotopic (exact) mass is 418 g/mol. The van der Waals surface area contributed by atoms with E-state index in [1.807, 2.05) is 37.3 Å². The fourth-order valence-electron chi connectivity index (χ4n) is 3.38. The molecule has 7 heteroatoms. The molecule has 158 valence electrons. The molecule has 0 bridgehead atoms. The molecule has 2 heterocycles. The molecule has 0 aliphatic carbocycles. The lowest BCUT2D eigenvalue weighted by atomic mass is 10.0. The van der Waals surface area contributed by atoms with Crippen molar-refractivity contribution in [3.8, 4) is 5.75 Å². The minimum Gasteiger partial charge on any atom is -0.484 e. The van der Waals surface area contributed by atoms with E-state index in [4.69, 9.17) is 9.15 Å². The molecular weight excluding hydrogens is 396 g/mol. The number of carbonyl (C=O) groups is 2. The first kappa shape index (κ1) is 20.4. The first-order valence-corrected chi connectivity index (χ1v) is 9.86. The highest BCUT2D eigenvalue weighted by Gasteiger charge is 2.35. The molecule has 0 spiro atoms. The van der Waals surface area contributed by atoms with Gasteiger partial charge in [0.25, 0.3) is 5.91 Å². The van der Waals surface area contributed by atoms with Crippen molar-refractivity contribution >= 4 is 17.6 Å². The van der Waals surface area contributed by atoms with Crippen LogP contribution in [0, 0.1) is 6.92 Å². The minimum absolute atomic E-state index is 0.195. The van der Waals surface area contributed by atoms with E-state index in [1.165, 1.54) is 12.1 Å². The molecule has 1 unspecified atom stereocenters. The van der Waals surface area contributed by atoms with E-state index in [2.05, 4.69) is 9.84 Å². The maximum atomic E-state index is 13.0. The van der Waals surface area contributed by atoms with Crippen LogP contribution in [0.25, 0.3) is 0 Å². The number of amides is 1. The van der Waals surface area contributed by atoms with Crippen LogP contribution >= 0.6 is 0 Å². The van der Waals surface area contributed by atoms with Crippen molar-refractivity contribution in [3.05, 3.63) is 89.4 Å². The van der Waals surface area contributed by atoms with E-state index in [0.29, 0.717) is 23.5 Å². The Labute approximate surface area is 179 Å². The number of nitrogens with zero attached hydrogens (tertiary/aromatic N) is 2. The Hall–Kier alpha value is -3.87. The molecule has 1 aromatic heterocycles. The summed E-state index contributed by atoms with van der Waals surface area (Å²) in [5.41, 5.74) is 3.35. The van der Waals surface area contributed by atoms with Crippen LogP contribution in [-0.4, -0.2) is 36.3 Å². The van der Waals surface area contributed by atoms with E-state index >= 15 is 0 Å². The number of aryl methyl sites for hydroxylation is 1. The third-order valence-corrected chi connectivity index (χ3v) is 5.06. The number of rotatable bonds is 6. The molecule has 0 radical (unpaired) electrons. The smallest absolute Gasteiger partial charge is 0.337 e. The van der Waals surface area contributed by atoms with Gasteiger partial charge in [-0.2, -0.15) is 5.10 Å². The average Bonchev–Trinajstić information content (AvgIpc) is 3.48.